The number of aliphatic hydroxyl groups excluding tert-OH is 1. The first-order valence-corrected chi connectivity index (χ1v) is 6.67. The predicted octanol–water partition coefficient (Wildman–Crippen LogP) is 1.24. The second kappa shape index (κ2) is 5.75. The molecule has 1 aliphatic rings. The molecular formula is C13H18ClN3O2. The zero-order valence-corrected chi connectivity index (χ0v) is 11.9. The van der Waals surface area contributed by atoms with Crippen molar-refractivity contribution in [1.82, 2.24) is 14.7 Å². The normalized spacial score (nSPS) is 19.6. The van der Waals surface area contributed by atoms with Gasteiger partial charge in [-0.1, -0.05) is 11.6 Å². The highest BCUT2D eigenvalue weighted by molar-refractivity contribution is 6.31. The molecule has 0 radical (unpaired) electrons. The smallest absolute Gasteiger partial charge is 0.246 e. The van der Waals surface area contributed by atoms with Gasteiger partial charge in [-0.2, -0.15) is 5.10 Å². The molecule has 1 unspecified atom stereocenters. The van der Waals surface area contributed by atoms with Gasteiger partial charge in [-0.3, -0.25) is 9.48 Å². The zero-order chi connectivity index (χ0) is 14.0. The molecule has 6 heteroatoms. The Balaban J connectivity index is 2.04. The number of amides is 1. The molecule has 0 aromatic carbocycles. The summed E-state index contributed by atoms with van der Waals surface area (Å²) in [6, 6.07) is 0. The van der Waals surface area contributed by atoms with Crippen LogP contribution in [0.5, 0.6) is 0 Å². The number of aryl methyl sites for hydroxylation is 2. The first-order valence-electron chi connectivity index (χ1n) is 6.30. The van der Waals surface area contributed by atoms with Gasteiger partial charge in [-0.15, -0.1) is 0 Å². The van der Waals surface area contributed by atoms with Crippen molar-refractivity contribution in [2.24, 2.45) is 13.0 Å². The van der Waals surface area contributed by atoms with Crippen LogP contribution >= 0.6 is 11.6 Å². The fourth-order valence-corrected chi connectivity index (χ4v) is 2.52. The highest BCUT2D eigenvalue weighted by Gasteiger charge is 2.24. The molecule has 2 rings (SSSR count). The molecule has 0 spiro atoms. The Bertz CT molecular complexity index is 510. The summed E-state index contributed by atoms with van der Waals surface area (Å²) in [6.45, 7) is 3.32. The van der Waals surface area contributed by atoms with Gasteiger partial charge in [0.05, 0.1) is 5.69 Å². The molecule has 0 saturated carbocycles. The summed E-state index contributed by atoms with van der Waals surface area (Å²) in [5.41, 5.74) is 1.57. The molecule has 2 heterocycles. The average molecular weight is 284 g/mol. The number of likely N-dealkylation sites (tertiary alicyclic amines) is 1. The van der Waals surface area contributed by atoms with Crippen LogP contribution in [0.1, 0.15) is 17.7 Å². The van der Waals surface area contributed by atoms with E-state index in [0.29, 0.717) is 18.2 Å². The molecule has 1 aliphatic heterocycles. The maximum absolute atomic E-state index is 12.0. The van der Waals surface area contributed by atoms with E-state index >= 15 is 0 Å². The van der Waals surface area contributed by atoms with E-state index in [2.05, 4.69) is 5.10 Å². The topological polar surface area (TPSA) is 58.4 Å². The molecule has 1 saturated heterocycles. The number of rotatable bonds is 3. The number of hydrogen-bond donors (Lipinski definition) is 1. The van der Waals surface area contributed by atoms with E-state index in [1.165, 1.54) is 6.08 Å². The molecule has 0 aliphatic carbocycles. The Labute approximate surface area is 117 Å². The molecule has 104 valence electrons. The lowest BCUT2D eigenvalue weighted by Gasteiger charge is -2.13. The van der Waals surface area contributed by atoms with Crippen LogP contribution in [0.2, 0.25) is 5.15 Å². The van der Waals surface area contributed by atoms with Gasteiger partial charge in [0, 0.05) is 44.3 Å². The SMILES string of the molecule is Cc1nn(C)c(Cl)c1C=CC(=O)N1CCC(CO)C1. The van der Waals surface area contributed by atoms with E-state index in [-0.39, 0.29) is 18.4 Å². The number of carbonyl (C=O) groups is 1. The molecule has 1 atom stereocenters. The molecule has 5 nitrogen and oxygen atoms in total. The van der Waals surface area contributed by atoms with Crippen molar-refractivity contribution in [1.29, 1.82) is 0 Å². The number of hydrogen-bond acceptors (Lipinski definition) is 3. The first kappa shape index (κ1) is 14.1. The van der Waals surface area contributed by atoms with Crippen molar-refractivity contribution >= 4 is 23.6 Å². The fourth-order valence-electron chi connectivity index (χ4n) is 2.28. The van der Waals surface area contributed by atoms with Crippen molar-refractivity contribution in [3.63, 3.8) is 0 Å². The van der Waals surface area contributed by atoms with Gasteiger partial charge >= 0.3 is 0 Å². The van der Waals surface area contributed by atoms with Gasteiger partial charge in [0.25, 0.3) is 0 Å². The lowest BCUT2D eigenvalue weighted by atomic mass is 10.1. The minimum Gasteiger partial charge on any atom is -0.396 e. The first-order chi connectivity index (χ1) is 9.02. The fraction of sp³-hybridized carbons (Fsp3) is 0.538. The zero-order valence-electron chi connectivity index (χ0n) is 11.1. The lowest BCUT2D eigenvalue weighted by Crippen LogP contribution is -2.27. The number of aliphatic hydroxyl groups is 1. The Morgan fingerprint density at radius 3 is 2.89 bits per heavy atom. The van der Waals surface area contributed by atoms with E-state index in [4.69, 9.17) is 16.7 Å². The third kappa shape index (κ3) is 2.98. The van der Waals surface area contributed by atoms with Crippen LogP contribution in [-0.4, -0.2) is 45.4 Å². The van der Waals surface area contributed by atoms with Crippen LogP contribution in [0.3, 0.4) is 0 Å². The van der Waals surface area contributed by atoms with E-state index < -0.39 is 0 Å². The van der Waals surface area contributed by atoms with Crippen LogP contribution in [-0.2, 0) is 11.8 Å². The highest BCUT2D eigenvalue weighted by atomic mass is 35.5. The minimum atomic E-state index is -0.0460. The van der Waals surface area contributed by atoms with Gasteiger partial charge in [-0.05, 0) is 19.4 Å². The molecule has 1 N–H and O–H groups in total. The summed E-state index contributed by atoms with van der Waals surface area (Å²) in [7, 11) is 1.76. The summed E-state index contributed by atoms with van der Waals surface area (Å²) in [4.78, 5) is 13.7. The van der Waals surface area contributed by atoms with Crippen molar-refractivity contribution in [2.45, 2.75) is 13.3 Å². The molecular weight excluding hydrogens is 266 g/mol. The third-order valence-corrected chi connectivity index (χ3v) is 3.89. The molecule has 0 bridgehead atoms. The summed E-state index contributed by atoms with van der Waals surface area (Å²) in [5.74, 6) is 0.163. The van der Waals surface area contributed by atoms with Crippen LogP contribution in [0.25, 0.3) is 6.08 Å². The van der Waals surface area contributed by atoms with Crippen molar-refractivity contribution in [3.05, 3.63) is 22.5 Å². The van der Waals surface area contributed by atoms with E-state index in [9.17, 15) is 4.79 Å². The maximum Gasteiger partial charge on any atom is 0.246 e. The minimum absolute atomic E-state index is 0.0460. The van der Waals surface area contributed by atoms with Crippen molar-refractivity contribution < 1.29 is 9.90 Å². The van der Waals surface area contributed by atoms with Gasteiger partial charge in [-0.25, -0.2) is 0 Å². The lowest BCUT2D eigenvalue weighted by molar-refractivity contribution is -0.125. The van der Waals surface area contributed by atoms with E-state index in [1.807, 2.05) is 6.92 Å². The molecule has 1 amide bonds. The average Bonchev–Trinajstić information content (AvgIpc) is 2.94. The quantitative estimate of drug-likeness (QED) is 0.849. The second-order valence-electron chi connectivity index (χ2n) is 4.87. The van der Waals surface area contributed by atoms with Gasteiger partial charge in [0.1, 0.15) is 5.15 Å². The van der Waals surface area contributed by atoms with Crippen LogP contribution < -0.4 is 0 Å². The second-order valence-corrected chi connectivity index (χ2v) is 5.23. The Morgan fingerprint density at radius 1 is 1.63 bits per heavy atom. The maximum atomic E-state index is 12.0. The number of halogens is 1. The van der Waals surface area contributed by atoms with Crippen LogP contribution in [0.15, 0.2) is 6.08 Å². The monoisotopic (exact) mass is 283 g/mol. The molecule has 1 aromatic heterocycles. The Hall–Kier alpha value is -1.33. The van der Waals surface area contributed by atoms with Gasteiger partial charge in [0.15, 0.2) is 0 Å². The van der Waals surface area contributed by atoms with Crippen molar-refractivity contribution in [3.8, 4) is 0 Å². The highest BCUT2D eigenvalue weighted by Crippen LogP contribution is 2.21. The largest absolute Gasteiger partial charge is 0.396 e. The summed E-state index contributed by atoms with van der Waals surface area (Å²) < 4.78 is 1.58. The molecule has 1 fully saturated rings. The van der Waals surface area contributed by atoms with E-state index in [0.717, 1.165) is 17.7 Å². The summed E-state index contributed by atoms with van der Waals surface area (Å²) >= 11 is 6.09. The van der Waals surface area contributed by atoms with Crippen LogP contribution in [0, 0.1) is 12.8 Å². The Morgan fingerprint density at radius 2 is 2.37 bits per heavy atom. The number of nitrogens with zero attached hydrogens (tertiary/aromatic N) is 3. The molecule has 1 aromatic rings. The standard InChI is InChI=1S/C13H18ClN3O2/c1-9-11(13(14)16(2)15-9)3-4-12(19)17-6-5-10(7-17)8-18/h3-4,10,18H,5-8H2,1-2H3. The van der Waals surface area contributed by atoms with Gasteiger partial charge in [0.2, 0.25) is 5.91 Å². The number of carbonyl (C=O) groups excluding carboxylic acids is 1. The van der Waals surface area contributed by atoms with Crippen LogP contribution in [0.4, 0.5) is 0 Å². The molecule has 19 heavy (non-hydrogen) atoms. The number of aromatic nitrogens is 2. The van der Waals surface area contributed by atoms with E-state index in [1.54, 1.807) is 22.7 Å². The third-order valence-electron chi connectivity index (χ3n) is 3.44. The summed E-state index contributed by atoms with van der Waals surface area (Å²) in [5, 5.41) is 13.8. The predicted molar refractivity (Wildman–Crippen MR) is 73.8 cm³/mol. The van der Waals surface area contributed by atoms with Gasteiger partial charge < -0.3 is 10.0 Å². The van der Waals surface area contributed by atoms with Crippen molar-refractivity contribution in [2.75, 3.05) is 19.7 Å². The Kier molecular flexibility index (Phi) is 4.27. The summed E-state index contributed by atoms with van der Waals surface area (Å²) in [6.07, 6.45) is 4.09.